The van der Waals surface area contributed by atoms with Gasteiger partial charge in [0, 0.05) is 31.8 Å². The van der Waals surface area contributed by atoms with Crippen molar-refractivity contribution in [3.8, 4) is 0 Å². The summed E-state index contributed by atoms with van der Waals surface area (Å²) >= 11 is 0. The summed E-state index contributed by atoms with van der Waals surface area (Å²) in [6.07, 6.45) is 1.66. The summed E-state index contributed by atoms with van der Waals surface area (Å²) in [5, 5.41) is 0. The summed E-state index contributed by atoms with van der Waals surface area (Å²) in [6, 6.07) is 6.53. The van der Waals surface area contributed by atoms with Crippen molar-refractivity contribution in [3.63, 3.8) is 0 Å². The Kier molecular flexibility index (Phi) is 4.20. The average Bonchev–Trinajstić information content (AvgIpc) is 2.94. The second-order valence-corrected chi connectivity index (χ2v) is 7.47. The van der Waals surface area contributed by atoms with Gasteiger partial charge in [0.05, 0.1) is 4.90 Å². The van der Waals surface area contributed by atoms with E-state index in [9.17, 15) is 13.2 Å². The first-order chi connectivity index (χ1) is 10.5. The summed E-state index contributed by atoms with van der Waals surface area (Å²) in [4.78, 5) is 13.7. The second-order valence-electron chi connectivity index (χ2n) is 5.58. The van der Waals surface area contributed by atoms with Crippen molar-refractivity contribution >= 4 is 21.6 Å². The lowest BCUT2D eigenvalue weighted by Gasteiger charge is -2.32. The van der Waals surface area contributed by atoms with Gasteiger partial charge in [-0.15, -0.1) is 0 Å². The molecule has 6 nitrogen and oxygen atoms in total. The minimum atomic E-state index is -3.56. The topological polar surface area (TPSA) is 66.9 Å². The fraction of sp³-hybridized carbons (Fsp3) is 0.533. The molecular weight excluding hydrogens is 304 g/mol. The van der Waals surface area contributed by atoms with E-state index in [2.05, 4.69) is 0 Å². The van der Waals surface area contributed by atoms with Crippen molar-refractivity contribution in [2.45, 2.75) is 37.3 Å². The molecule has 0 saturated carbocycles. The molecule has 0 aliphatic carbocycles. The van der Waals surface area contributed by atoms with E-state index < -0.39 is 16.3 Å². The zero-order valence-electron chi connectivity index (χ0n) is 12.6. The number of sulfonamides is 1. The molecule has 1 atom stereocenters. The van der Waals surface area contributed by atoms with Gasteiger partial charge in [-0.2, -0.15) is 4.31 Å². The molecule has 3 rings (SSSR count). The van der Waals surface area contributed by atoms with Crippen LogP contribution < -0.4 is 4.90 Å². The number of anilines is 1. The number of hydrogen-bond donors (Lipinski definition) is 0. The molecule has 2 fully saturated rings. The van der Waals surface area contributed by atoms with E-state index in [0.29, 0.717) is 32.5 Å². The molecule has 7 heteroatoms. The molecule has 0 aromatic heterocycles. The predicted octanol–water partition coefficient (Wildman–Crippen LogP) is 1.57. The molecule has 2 heterocycles. The van der Waals surface area contributed by atoms with Crippen LogP contribution in [0.3, 0.4) is 0 Å². The molecule has 2 aliphatic heterocycles. The summed E-state index contributed by atoms with van der Waals surface area (Å²) < 4.78 is 32.1. The number of ether oxygens (including phenoxy) is 1. The Morgan fingerprint density at radius 1 is 1.14 bits per heavy atom. The standard InChI is InChI=1S/C15H20N2O4S/c1-12-17(10-3-11-21-12)22(19,20)14-7-5-13(6-8-14)16-9-2-4-15(16)18/h5-8,12H,2-4,9-11H2,1H3. The number of carbonyl (C=O) groups is 1. The number of carbonyl (C=O) groups excluding carboxylic acids is 1. The third-order valence-corrected chi connectivity index (χ3v) is 6.08. The molecule has 0 bridgehead atoms. The van der Waals surface area contributed by atoms with Gasteiger partial charge >= 0.3 is 0 Å². The van der Waals surface area contributed by atoms with Gasteiger partial charge in [0.1, 0.15) is 6.23 Å². The molecule has 0 N–H and O–H groups in total. The maximum atomic E-state index is 12.7. The van der Waals surface area contributed by atoms with Crippen molar-refractivity contribution < 1.29 is 17.9 Å². The number of amides is 1. The quantitative estimate of drug-likeness (QED) is 0.846. The van der Waals surface area contributed by atoms with Gasteiger partial charge in [0.25, 0.3) is 0 Å². The Labute approximate surface area is 130 Å². The van der Waals surface area contributed by atoms with E-state index in [-0.39, 0.29) is 10.8 Å². The summed E-state index contributed by atoms with van der Waals surface area (Å²) in [6.45, 7) is 3.50. The van der Waals surface area contributed by atoms with Crippen LogP contribution in [0.1, 0.15) is 26.2 Å². The van der Waals surface area contributed by atoms with Crippen LogP contribution >= 0.6 is 0 Å². The Balaban J connectivity index is 1.84. The molecule has 1 aromatic rings. The van der Waals surface area contributed by atoms with Gasteiger partial charge in [-0.1, -0.05) is 0 Å². The van der Waals surface area contributed by atoms with Crippen LogP contribution in [0.5, 0.6) is 0 Å². The van der Waals surface area contributed by atoms with E-state index >= 15 is 0 Å². The second kappa shape index (κ2) is 5.98. The Bertz CT molecular complexity index is 657. The van der Waals surface area contributed by atoms with Gasteiger partial charge in [-0.05, 0) is 44.0 Å². The molecule has 0 radical (unpaired) electrons. The van der Waals surface area contributed by atoms with Crippen molar-refractivity contribution in [3.05, 3.63) is 24.3 Å². The van der Waals surface area contributed by atoms with Crippen LogP contribution in [-0.2, 0) is 19.6 Å². The monoisotopic (exact) mass is 324 g/mol. The molecule has 22 heavy (non-hydrogen) atoms. The van der Waals surface area contributed by atoms with Gasteiger partial charge in [0.15, 0.2) is 0 Å². The highest BCUT2D eigenvalue weighted by Crippen LogP contribution is 2.26. The highest BCUT2D eigenvalue weighted by molar-refractivity contribution is 7.89. The maximum Gasteiger partial charge on any atom is 0.245 e. The highest BCUT2D eigenvalue weighted by Gasteiger charge is 2.32. The minimum absolute atomic E-state index is 0.0914. The van der Waals surface area contributed by atoms with Crippen LogP contribution in [0.2, 0.25) is 0 Å². The van der Waals surface area contributed by atoms with Gasteiger partial charge in [-0.25, -0.2) is 8.42 Å². The Morgan fingerprint density at radius 3 is 2.45 bits per heavy atom. The van der Waals surface area contributed by atoms with Gasteiger partial charge < -0.3 is 9.64 Å². The lowest BCUT2D eigenvalue weighted by atomic mass is 10.3. The number of hydrogen-bond acceptors (Lipinski definition) is 4. The van der Waals surface area contributed by atoms with Crippen molar-refractivity contribution in [1.29, 1.82) is 0 Å². The third-order valence-electron chi connectivity index (χ3n) is 4.12. The fourth-order valence-electron chi connectivity index (χ4n) is 2.91. The smallest absolute Gasteiger partial charge is 0.245 e. The molecule has 120 valence electrons. The van der Waals surface area contributed by atoms with Crippen LogP contribution in [0.15, 0.2) is 29.2 Å². The van der Waals surface area contributed by atoms with Crippen LogP contribution in [-0.4, -0.2) is 44.6 Å². The lowest BCUT2D eigenvalue weighted by molar-refractivity contribution is -0.117. The highest BCUT2D eigenvalue weighted by atomic mass is 32.2. The molecular formula is C15H20N2O4S. The summed E-state index contributed by atoms with van der Waals surface area (Å²) in [7, 11) is -3.56. The van der Waals surface area contributed by atoms with E-state index in [1.54, 1.807) is 36.1 Å². The summed E-state index contributed by atoms with van der Waals surface area (Å²) in [5.41, 5.74) is 0.754. The van der Waals surface area contributed by atoms with E-state index in [0.717, 1.165) is 12.1 Å². The first kappa shape index (κ1) is 15.5. The predicted molar refractivity (Wildman–Crippen MR) is 82.0 cm³/mol. The third kappa shape index (κ3) is 2.76. The first-order valence-electron chi connectivity index (χ1n) is 7.54. The Hall–Kier alpha value is -1.44. The molecule has 2 aliphatic rings. The van der Waals surface area contributed by atoms with Gasteiger partial charge in [0.2, 0.25) is 15.9 Å². The summed E-state index contributed by atoms with van der Waals surface area (Å²) in [5.74, 6) is 0.0914. The molecule has 2 saturated heterocycles. The van der Waals surface area contributed by atoms with E-state index in [1.165, 1.54) is 4.31 Å². The lowest BCUT2D eigenvalue weighted by Crippen LogP contribution is -2.44. The number of benzene rings is 1. The van der Waals surface area contributed by atoms with E-state index in [1.807, 2.05) is 0 Å². The zero-order chi connectivity index (χ0) is 15.7. The van der Waals surface area contributed by atoms with E-state index in [4.69, 9.17) is 4.74 Å². The normalized spacial score (nSPS) is 24.0. The zero-order valence-corrected chi connectivity index (χ0v) is 13.4. The average molecular weight is 324 g/mol. The number of rotatable bonds is 3. The largest absolute Gasteiger partial charge is 0.362 e. The van der Waals surface area contributed by atoms with Crippen molar-refractivity contribution in [2.75, 3.05) is 24.6 Å². The van der Waals surface area contributed by atoms with Crippen molar-refractivity contribution in [1.82, 2.24) is 4.31 Å². The van der Waals surface area contributed by atoms with Crippen LogP contribution in [0.4, 0.5) is 5.69 Å². The fourth-order valence-corrected chi connectivity index (χ4v) is 4.48. The maximum absolute atomic E-state index is 12.7. The minimum Gasteiger partial charge on any atom is -0.362 e. The molecule has 1 unspecified atom stereocenters. The first-order valence-corrected chi connectivity index (χ1v) is 8.98. The Morgan fingerprint density at radius 2 is 1.86 bits per heavy atom. The molecule has 1 amide bonds. The SMILES string of the molecule is CC1OCCCN1S(=O)(=O)c1ccc(N2CCCC2=O)cc1. The van der Waals surface area contributed by atoms with Crippen molar-refractivity contribution in [2.24, 2.45) is 0 Å². The van der Waals surface area contributed by atoms with Gasteiger partial charge in [-0.3, -0.25) is 4.79 Å². The molecule has 0 spiro atoms. The van der Waals surface area contributed by atoms with Crippen LogP contribution in [0.25, 0.3) is 0 Å². The molecule has 1 aromatic carbocycles. The number of nitrogens with zero attached hydrogens (tertiary/aromatic N) is 2. The van der Waals surface area contributed by atoms with Crippen LogP contribution in [0, 0.1) is 0 Å².